The third kappa shape index (κ3) is 4.56. The fraction of sp³-hybridized carbons (Fsp3) is 0.346. The zero-order valence-electron chi connectivity index (χ0n) is 19.1. The SMILES string of the molecule is C#Cc1ccc2cc(-c3cnc([C@@H]4CCCN4C(=O)[C@@H](NC(=O)OC)C(C)C)[nH]3)ccc2c1. The minimum atomic E-state index is -0.652. The Hall–Kier alpha value is -3.79. The molecule has 1 fully saturated rings. The van der Waals surface area contributed by atoms with Crippen molar-refractivity contribution in [3.05, 3.63) is 54.0 Å². The van der Waals surface area contributed by atoms with Gasteiger partial charge in [-0.15, -0.1) is 6.42 Å². The quantitative estimate of drug-likeness (QED) is 0.576. The molecule has 0 saturated carbocycles. The summed E-state index contributed by atoms with van der Waals surface area (Å²) in [5.74, 6) is 3.22. The maximum absolute atomic E-state index is 13.3. The Balaban J connectivity index is 1.57. The molecule has 3 aromatic rings. The average molecular weight is 445 g/mol. The van der Waals surface area contributed by atoms with E-state index in [0.717, 1.165) is 46.3 Å². The molecule has 1 saturated heterocycles. The summed E-state index contributed by atoms with van der Waals surface area (Å²) in [6.07, 6.45) is 8.39. The monoisotopic (exact) mass is 444 g/mol. The van der Waals surface area contributed by atoms with E-state index in [4.69, 9.17) is 11.2 Å². The Kier molecular flexibility index (Phi) is 6.36. The van der Waals surface area contributed by atoms with Gasteiger partial charge in [-0.1, -0.05) is 38.0 Å². The molecule has 1 aliphatic heterocycles. The topological polar surface area (TPSA) is 87.3 Å². The Morgan fingerprint density at radius 2 is 2.00 bits per heavy atom. The van der Waals surface area contributed by atoms with Crippen molar-refractivity contribution in [2.45, 2.75) is 38.8 Å². The molecule has 0 spiro atoms. The Morgan fingerprint density at radius 3 is 2.73 bits per heavy atom. The molecule has 2 amide bonds. The molecule has 7 heteroatoms. The fourth-order valence-corrected chi connectivity index (χ4v) is 4.35. The van der Waals surface area contributed by atoms with Crippen molar-refractivity contribution in [1.29, 1.82) is 0 Å². The van der Waals surface area contributed by atoms with Gasteiger partial charge in [-0.3, -0.25) is 4.79 Å². The van der Waals surface area contributed by atoms with Gasteiger partial charge in [0, 0.05) is 17.7 Å². The summed E-state index contributed by atoms with van der Waals surface area (Å²) in [5.41, 5.74) is 2.75. The summed E-state index contributed by atoms with van der Waals surface area (Å²) in [7, 11) is 1.29. The van der Waals surface area contributed by atoms with Crippen molar-refractivity contribution in [3.8, 4) is 23.6 Å². The fourth-order valence-electron chi connectivity index (χ4n) is 4.35. The van der Waals surface area contributed by atoms with Gasteiger partial charge in [0.25, 0.3) is 0 Å². The number of likely N-dealkylation sites (tertiary alicyclic amines) is 1. The van der Waals surface area contributed by atoms with Crippen LogP contribution in [-0.2, 0) is 9.53 Å². The third-order valence-electron chi connectivity index (χ3n) is 6.16. The van der Waals surface area contributed by atoms with E-state index in [2.05, 4.69) is 27.3 Å². The van der Waals surface area contributed by atoms with Crippen LogP contribution in [0.1, 0.15) is 44.1 Å². The van der Waals surface area contributed by atoms with Crippen molar-refractivity contribution in [2.75, 3.05) is 13.7 Å². The van der Waals surface area contributed by atoms with Crippen LogP contribution in [0.5, 0.6) is 0 Å². The number of rotatable bonds is 5. The number of carbonyl (C=O) groups is 2. The van der Waals surface area contributed by atoms with Crippen molar-refractivity contribution in [2.24, 2.45) is 5.92 Å². The van der Waals surface area contributed by atoms with Gasteiger partial charge in [-0.25, -0.2) is 9.78 Å². The van der Waals surface area contributed by atoms with E-state index < -0.39 is 12.1 Å². The minimum absolute atomic E-state index is 0.0717. The second kappa shape index (κ2) is 9.37. The Morgan fingerprint density at radius 1 is 1.24 bits per heavy atom. The van der Waals surface area contributed by atoms with Crippen LogP contribution in [0.4, 0.5) is 4.79 Å². The number of imidazole rings is 1. The number of H-pyrrole nitrogens is 1. The lowest BCUT2D eigenvalue weighted by Crippen LogP contribution is -2.51. The highest BCUT2D eigenvalue weighted by atomic mass is 16.5. The highest BCUT2D eigenvalue weighted by Gasteiger charge is 2.37. The number of alkyl carbamates (subject to hydrolysis) is 1. The molecule has 170 valence electrons. The molecule has 1 aromatic heterocycles. The standard InChI is InChI=1S/C26H28N4O3/c1-5-17-8-9-19-14-20(11-10-18(19)13-17)21-15-27-24(28-21)22-7-6-12-30(22)25(31)23(16(2)3)29-26(32)33-4/h1,8-11,13-16,22-23H,6-7,12H2,2-4H3,(H,27,28)(H,29,32)/t22-,23-/m0/s1. The van der Waals surface area contributed by atoms with E-state index in [1.54, 1.807) is 6.20 Å². The van der Waals surface area contributed by atoms with Crippen molar-refractivity contribution in [3.63, 3.8) is 0 Å². The van der Waals surface area contributed by atoms with Gasteiger partial charge < -0.3 is 19.9 Å². The highest BCUT2D eigenvalue weighted by molar-refractivity contribution is 5.88. The van der Waals surface area contributed by atoms with Crippen molar-refractivity contribution >= 4 is 22.8 Å². The number of aromatic amines is 1. The predicted molar refractivity (Wildman–Crippen MR) is 127 cm³/mol. The predicted octanol–water partition coefficient (Wildman–Crippen LogP) is 4.26. The van der Waals surface area contributed by atoms with E-state index in [-0.39, 0.29) is 17.9 Å². The lowest BCUT2D eigenvalue weighted by Gasteiger charge is -2.30. The van der Waals surface area contributed by atoms with Crippen LogP contribution in [0.15, 0.2) is 42.6 Å². The Bertz CT molecular complexity index is 1220. The molecule has 2 atom stereocenters. The first-order valence-electron chi connectivity index (χ1n) is 11.1. The first-order chi connectivity index (χ1) is 15.9. The van der Waals surface area contributed by atoms with E-state index in [0.29, 0.717) is 6.54 Å². The smallest absolute Gasteiger partial charge is 0.407 e. The molecule has 0 unspecified atom stereocenters. The van der Waals surface area contributed by atoms with Gasteiger partial charge in [0.2, 0.25) is 5.91 Å². The number of hydrogen-bond acceptors (Lipinski definition) is 4. The number of ether oxygens (including phenoxy) is 1. The van der Waals surface area contributed by atoms with Crippen LogP contribution in [0.25, 0.3) is 22.0 Å². The van der Waals surface area contributed by atoms with Crippen molar-refractivity contribution in [1.82, 2.24) is 20.2 Å². The molecule has 33 heavy (non-hydrogen) atoms. The summed E-state index contributed by atoms with van der Waals surface area (Å²) < 4.78 is 4.70. The molecular formula is C26H28N4O3. The second-order valence-electron chi connectivity index (χ2n) is 8.65. The molecule has 4 rings (SSSR count). The largest absolute Gasteiger partial charge is 0.453 e. The number of nitrogens with zero attached hydrogens (tertiary/aromatic N) is 2. The van der Waals surface area contributed by atoms with Gasteiger partial charge in [-0.2, -0.15) is 0 Å². The van der Waals surface area contributed by atoms with Crippen LogP contribution in [-0.4, -0.2) is 46.6 Å². The van der Waals surface area contributed by atoms with Crippen LogP contribution in [0, 0.1) is 18.3 Å². The highest BCUT2D eigenvalue weighted by Crippen LogP contribution is 2.33. The van der Waals surface area contributed by atoms with Gasteiger partial charge in [-0.05, 0) is 47.7 Å². The first-order valence-corrected chi connectivity index (χ1v) is 11.1. The van der Waals surface area contributed by atoms with Crippen LogP contribution < -0.4 is 5.32 Å². The molecule has 2 heterocycles. The summed E-state index contributed by atoms with van der Waals surface area (Å²) in [5, 5.41) is 4.85. The third-order valence-corrected chi connectivity index (χ3v) is 6.16. The molecule has 2 aromatic carbocycles. The lowest BCUT2D eigenvalue weighted by atomic mass is 10.0. The number of aromatic nitrogens is 2. The molecule has 1 aliphatic rings. The van der Waals surface area contributed by atoms with Gasteiger partial charge in [0.1, 0.15) is 11.9 Å². The molecule has 2 N–H and O–H groups in total. The molecule has 0 radical (unpaired) electrons. The number of carbonyl (C=O) groups excluding carboxylic acids is 2. The molecule has 0 bridgehead atoms. The summed E-state index contributed by atoms with van der Waals surface area (Å²) in [6, 6.07) is 11.3. The van der Waals surface area contributed by atoms with E-state index >= 15 is 0 Å². The summed E-state index contributed by atoms with van der Waals surface area (Å²) in [6.45, 7) is 4.43. The number of benzene rings is 2. The maximum atomic E-state index is 13.3. The molecular weight excluding hydrogens is 416 g/mol. The van der Waals surface area contributed by atoms with E-state index in [1.807, 2.05) is 49.1 Å². The van der Waals surface area contributed by atoms with Crippen LogP contribution in [0.3, 0.4) is 0 Å². The zero-order chi connectivity index (χ0) is 23.5. The van der Waals surface area contributed by atoms with E-state index in [9.17, 15) is 9.59 Å². The van der Waals surface area contributed by atoms with Gasteiger partial charge in [0.05, 0.1) is 25.0 Å². The summed E-state index contributed by atoms with van der Waals surface area (Å²) >= 11 is 0. The minimum Gasteiger partial charge on any atom is -0.453 e. The number of fused-ring (bicyclic) bond motifs is 1. The normalized spacial score (nSPS) is 16.6. The number of methoxy groups -OCH3 is 1. The number of amides is 2. The van der Waals surface area contributed by atoms with Crippen molar-refractivity contribution < 1.29 is 14.3 Å². The number of terminal acetylenes is 1. The maximum Gasteiger partial charge on any atom is 0.407 e. The van der Waals surface area contributed by atoms with Gasteiger partial charge >= 0.3 is 6.09 Å². The number of nitrogens with one attached hydrogen (secondary N) is 2. The van der Waals surface area contributed by atoms with E-state index in [1.165, 1.54) is 7.11 Å². The summed E-state index contributed by atoms with van der Waals surface area (Å²) in [4.78, 5) is 34.9. The van der Waals surface area contributed by atoms with Crippen LogP contribution >= 0.6 is 0 Å². The molecule has 0 aliphatic carbocycles. The second-order valence-corrected chi connectivity index (χ2v) is 8.65. The first kappa shape index (κ1) is 22.4. The zero-order valence-corrected chi connectivity index (χ0v) is 19.1. The van der Waals surface area contributed by atoms with Gasteiger partial charge in [0.15, 0.2) is 0 Å². The van der Waals surface area contributed by atoms with Crippen LogP contribution in [0.2, 0.25) is 0 Å². The number of hydrogen-bond donors (Lipinski definition) is 2. The molecule has 7 nitrogen and oxygen atoms in total. The Labute approximate surface area is 193 Å². The lowest BCUT2D eigenvalue weighted by molar-refractivity contribution is -0.135. The average Bonchev–Trinajstić information content (AvgIpc) is 3.50.